The first kappa shape index (κ1) is 14.2. The monoisotopic (exact) mass is 279 g/mol. The van der Waals surface area contributed by atoms with Gasteiger partial charge >= 0.3 is 6.03 Å². The molecule has 2 amide bonds. The van der Waals surface area contributed by atoms with Crippen molar-refractivity contribution in [3.8, 4) is 0 Å². The molecule has 2 rings (SSSR count). The molecule has 5 heteroatoms. The van der Waals surface area contributed by atoms with Crippen LogP contribution >= 0.6 is 11.8 Å². The van der Waals surface area contributed by atoms with E-state index < -0.39 is 0 Å². The molecule has 1 aliphatic heterocycles. The van der Waals surface area contributed by atoms with Crippen molar-refractivity contribution in [2.45, 2.75) is 38.9 Å². The lowest BCUT2D eigenvalue weighted by molar-refractivity contribution is 0.173. The number of amides is 2. The molecule has 1 aliphatic rings. The predicted octanol–water partition coefficient (Wildman–Crippen LogP) is 2.51. The number of nitrogens with zero attached hydrogens (tertiary/aromatic N) is 2. The summed E-state index contributed by atoms with van der Waals surface area (Å²) in [7, 11) is 0. The Morgan fingerprint density at radius 2 is 2.42 bits per heavy atom. The van der Waals surface area contributed by atoms with E-state index in [9.17, 15) is 4.79 Å². The first-order valence-corrected chi connectivity index (χ1v) is 7.87. The van der Waals surface area contributed by atoms with Crippen molar-refractivity contribution < 1.29 is 4.79 Å². The Bertz CT molecular complexity index is 404. The van der Waals surface area contributed by atoms with Crippen molar-refractivity contribution >= 4 is 17.8 Å². The van der Waals surface area contributed by atoms with E-state index in [0.29, 0.717) is 12.6 Å². The van der Waals surface area contributed by atoms with Crippen LogP contribution in [0.4, 0.5) is 4.79 Å². The molecule has 1 N–H and O–H groups in total. The molecule has 2 heterocycles. The molecule has 1 fully saturated rings. The number of rotatable bonds is 4. The number of aromatic nitrogens is 1. The molecule has 4 nitrogen and oxygen atoms in total. The summed E-state index contributed by atoms with van der Waals surface area (Å²) >= 11 is 1.92. The normalized spacial score (nSPS) is 18.6. The quantitative estimate of drug-likeness (QED) is 0.921. The third kappa shape index (κ3) is 4.13. The Labute approximate surface area is 119 Å². The van der Waals surface area contributed by atoms with Gasteiger partial charge in [-0.1, -0.05) is 6.07 Å². The molecule has 0 radical (unpaired) electrons. The van der Waals surface area contributed by atoms with Gasteiger partial charge < -0.3 is 10.2 Å². The fourth-order valence-electron chi connectivity index (χ4n) is 2.13. The number of carbonyl (C=O) groups is 1. The van der Waals surface area contributed by atoms with E-state index in [1.54, 1.807) is 6.20 Å². The molecule has 0 saturated carbocycles. The zero-order valence-electron chi connectivity index (χ0n) is 11.5. The summed E-state index contributed by atoms with van der Waals surface area (Å²) < 4.78 is 0. The Hall–Kier alpha value is -1.23. The van der Waals surface area contributed by atoms with Gasteiger partial charge in [0.1, 0.15) is 0 Å². The average Bonchev–Trinajstić information content (AvgIpc) is 2.90. The van der Waals surface area contributed by atoms with Gasteiger partial charge in [0.25, 0.3) is 0 Å². The molecular weight excluding hydrogens is 258 g/mol. The highest BCUT2D eigenvalue weighted by molar-refractivity contribution is 7.99. The number of urea groups is 1. The minimum absolute atomic E-state index is 0.0214. The van der Waals surface area contributed by atoms with Crippen LogP contribution in [0.25, 0.3) is 0 Å². The van der Waals surface area contributed by atoms with Crippen molar-refractivity contribution in [2.24, 2.45) is 0 Å². The van der Waals surface area contributed by atoms with E-state index in [1.807, 2.05) is 48.7 Å². The van der Waals surface area contributed by atoms with Crippen LogP contribution in [0.1, 0.15) is 26.0 Å². The largest absolute Gasteiger partial charge is 0.336 e. The standard InChI is InChI=1S/C14H21N3OS/c1-11(2)16-14(18)17(13-6-8-19-10-13)9-12-5-3-4-7-15-12/h3-5,7,11,13H,6,8-10H2,1-2H3,(H,16,18). The summed E-state index contributed by atoms with van der Waals surface area (Å²) in [5, 5.41) is 2.99. The Balaban J connectivity index is 2.07. The highest BCUT2D eigenvalue weighted by Gasteiger charge is 2.27. The minimum atomic E-state index is 0.0214. The van der Waals surface area contributed by atoms with Crippen molar-refractivity contribution in [2.75, 3.05) is 11.5 Å². The van der Waals surface area contributed by atoms with E-state index in [-0.39, 0.29) is 12.1 Å². The lowest BCUT2D eigenvalue weighted by Gasteiger charge is -2.29. The van der Waals surface area contributed by atoms with Crippen molar-refractivity contribution in [3.63, 3.8) is 0 Å². The van der Waals surface area contributed by atoms with E-state index >= 15 is 0 Å². The first-order valence-electron chi connectivity index (χ1n) is 6.71. The molecule has 19 heavy (non-hydrogen) atoms. The SMILES string of the molecule is CC(C)NC(=O)N(Cc1ccccn1)C1CCSC1. The Kier molecular flexibility index (Phi) is 5.07. The van der Waals surface area contributed by atoms with Gasteiger partial charge in [-0.25, -0.2) is 4.79 Å². The number of pyridine rings is 1. The van der Waals surface area contributed by atoms with Crippen LogP contribution in [0.2, 0.25) is 0 Å². The van der Waals surface area contributed by atoms with Gasteiger partial charge in [0.2, 0.25) is 0 Å². The number of hydrogen-bond donors (Lipinski definition) is 1. The lowest BCUT2D eigenvalue weighted by Crippen LogP contribution is -2.47. The van der Waals surface area contributed by atoms with Gasteiger partial charge in [0, 0.05) is 24.0 Å². The topological polar surface area (TPSA) is 45.2 Å². The molecule has 1 atom stereocenters. The lowest BCUT2D eigenvalue weighted by atomic mass is 10.2. The van der Waals surface area contributed by atoms with Crippen LogP contribution in [0.5, 0.6) is 0 Å². The minimum Gasteiger partial charge on any atom is -0.336 e. The van der Waals surface area contributed by atoms with Gasteiger partial charge in [-0.2, -0.15) is 11.8 Å². The zero-order chi connectivity index (χ0) is 13.7. The van der Waals surface area contributed by atoms with Gasteiger partial charge in [0.15, 0.2) is 0 Å². The number of hydrogen-bond acceptors (Lipinski definition) is 3. The molecule has 1 unspecified atom stereocenters. The van der Waals surface area contributed by atoms with Crippen LogP contribution in [0.15, 0.2) is 24.4 Å². The zero-order valence-corrected chi connectivity index (χ0v) is 12.3. The predicted molar refractivity (Wildman–Crippen MR) is 79.2 cm³/mol. The Morgan fingerprint density at radius 1 is 1.58 bits per heavy atom. The van der Waals surface area contributed by atoms with Crippen molar-refractivity contribution in [1.29, 1.82) is 0 Å². The van der Waals surface area contributed by atoms with E-state index in [0.717, 1.165) is 23.6 Å². The summed E-state index contributed by atoms with van der Waals surface area (Å²) in [6, 6.07) is 6.34. The van der Waals surface area contributed by atoms with Gasteiger partial charge in [-0.05, 0) is 38.2 Å². The van der Waals surface area contributed by atoms with E-state index in [1.165, 1.54) is 0 Å². The second-order valence-corrected chi connectivity index (χ2v) is 6.22. The number of nitrogens with one attached hydrogen (secondary N) is 1. The van der Waals surface area contributed by atoms with Gasteiger partial charge in [-0.15, -0.1) is 0 Å². The van der Waals surface area contributed by atoms with E-state index in [2.05, 4.69) is 10.3 Å². The summed E-state index contributed by atoms with van der Waals surface area (Å²) in [6.45, 7) is 4.56. The third-order valence-corrected chi connectivity index (χ3v) is 4.22. The van der Waals surface area contributed by atoms with Crippen LogP contribution in [0, 0.1) is 0 Å². The van der Waals surface area contributed by atoms with Crippen LogP contribution < -0.4 is 5.32 Å². The van der Waals surface area contributed by atoms with Gasteiger partial charge in [0.05, 0.1) is 12.2 Å². The van der Waals surface area contributed by atoms with Crippen molar-refractivity contribution in [3.05, 3.63) is 30.1 Å². The molecule has 1 saturated heterocycles. The molecule has 104 valence electrons. The fourth-order valence-corrected chi connectivity index (χ4v) is 3.35. The summed E-state index contributed by atoms with van der Waals surface area (Å²) in [6.07, 6.45) is 2.85. The van der Waals surface area contributed by atoms with Gasteiger partial charge in [-0.3, -0.25) is 4.98 Å². The maximum atomic E-state index is 12.3. The maximum Gasteiger partial charge on any atom is 0.318 e. The molecule has 0 aliphatic carbocycles. The molecule has 0 spiro atoms. The Morgan fingerprint density at radius 3 is 3.00 bits per heavy atom. The molecule has 0 bridgehead atoms. The summed E-state index contributed by atoms with van der Waals surface area (Å²) in [5.41, 5.74) is 0.943. The number of carbonyl (C=O) groups excluding carboxylic acids is 1. The average molecular weight is 279 g/mol. The maximum absolute atomic E-state index is 12.3. The third-order valence-electron chi connectivity index (χ3n) is 3.08. The van der Waals surface area contributed by atoms with Crippen LogP contribution in [-0.4, -0.2) is 39.5 Å². The van der Waals surface area contributed by atoms with Crippen LogP contribution in [0.3, 0.4) is 0 Å². The first-order chi connectivity index (χ1) is 9.16. The molecular formula is C14H21N3OS. The second-order valence-electron chi connectivity index (χ2n) is 5.07. The smallest absolute Gasteiger partial charge is 0.318 e. The highest BCUT2D eigenvalue weighted by atomic mass is 32.2. The van der Waals surface area contributed by atoms with E-state index in [4.69, 9.17) is 0 Å². The van der Waals surface area contributed by atoms with Crippen molar-refractivity contribution in [1.82, 2.24) is 15.2 Å². The molecule has 1 aromatic heterocycles. The molecule has 0 aromatic carbocycles. The second kappa shape index (κ2) is 6.80. The highest BCUT2D eigenvalue weighted by Crippen LogP contribution is 2.23. The summed E-state index contributed by atoms with van der Waals surface area (Å²) in [4.78, 5) is 18.6. The number of thioether (sulfide) groups is 1. The summed E-state index contributed by atoms with van der Waals surface area (Å²) in [5.74, 6) is 2.16. The fraction of sp³-hybridized carbons (Fsp3) is 0.571. The molecule has 1 aromatic rings. The van der Waals surface area contributed by atoms with Crippen LogP contribution in [-0.2, 0) is 6.54 Å².